The summed E-state index contributed by atoms with van der Waals surface area (Å²) in [6.45, 7) is 4.38. The van der Waals surface area contributed by atoms with Gasteiger partial charge in [0.1, 0.15) is 0 Å². The Kier molecular flexibility index (Phi) is 3.83. The first-order chi connectivity index (χ1) is 10.6. The van der Waals surface area contributed by atoms with Crippen LogP contribution in [0, 0.1) is 13.8 Å². The molecule has 2 heterocycles. The Balaban J connectivity index is 1.84. The van der Waals surface area contributed by atoms with Crippen LogP contribution in [-0.2, 0) is 6.54 Å². The molecule has 110 valence electrons. The molecule has 0 bridgehead atoms. The minimum Gasteiger partial charge on any atom is -0.348 e. The van der Waals surface area contributed by atoms with Crippen LogP contribution in [-0.4, -0.2) is 15.9 Å². The molecule has 1 aromatic carbocycles. The summed E-state index contributed by atoms with van der Waals surface area (Å²) in [5.74, 6) is -0.107. The predicted octanol–water partition coefficient (Wildman–Crippen LogP) is 3.18. The Morgan fingerprint density at radius 1 is 1.09 bits per heavy atom. The van der Waals surface area contributed by atoms with Crippen LogP contribution in [0.15, 0.2) is 48.8 Å². The Bertz CT molecular complexity index is 828. The van der Waals surface area contributed by atoms with Gasteiger partial charge in [-0.2, -0.15) is 0 Å². The monoisotopic (exact) mass is 291 g/mol. The summed E-state index contributed by atoms with van der Waals surface area (Å²) in [6.07, 6.45) is 3.43. The van der Waals surface area contributed by atoms with Gasteiger partial charge < -0.3 is 5.32 Å². The van der Waals surface area contributed by atoms with Gasteiger partial charge in [0, 0.05) is 24.3 Å². The van der Waals surface area contributed by atoms with Crippen molar-refractivity contribution in [2.45, 2.75) is 20.4 Å². The van der Waals surface area contributed by atoms with E-state index in [-0.39, 0.29) is 5.91 Å². The van der Waals surface area contributed by atoms with Gasteiger partial charge in [-0.05, 0) is 49.2 Å². The number of benzene rings is 1. The zero-order valence-corrected chi connectivity index (χ0v) is 12.6. The summed E-state index contributed by atoms with van der Waals surface area (Å²) >= 11 is 0. The maximum Gasteiger partial charge on any atom is 0.253 e. The highest BCUT2D eigenvalue weighted by Crippen LogP contribution is 2.18. The van der Waals surface area contributed by atoms with Gasteiger partial charge >= 0.3 is 0 Å². The fourth-order valence-corrected chi connectivity index (χ4v) is 2.38. The first-order valence-corrected chi connectivity index (χ1v) is 7.18. The van der Waals surface area contributed by atoms with E-state index in [0.29, 0.717) is 12.1 Å². The largest absolute Gasteiger partial charge is 0.348 e. The number of aromatic nitrogens is 2. The molecule has 0 aliphatic rings. The van der Waals surface area contributed by atoms with Crippen LogP contribution in [0.1, 0.15) is 27.2 Å². The maximum atomic E-state index is 12.4. The third kappa shape index (κ3) is 2.96. The molecular weight excluding hydrogens is 274 g/mol. The molecule has 1 N–H and O–H groups in total. The van der Waals surface area contributed by atoms with Crippen molar-refractivity contribution in [1.82, 2.24) is 15.3 Å². The number of carbonyl (C=O) groups excluding carboxylic acids is 1. The van der Waals surface area contributed by atoms with Crippen LogP contribution >= 0.6 is 0 Å². The third-order valence-electron chi connectivity index (χ3n) is 3.61. The lowest BCUT2D eigenvalue weighted by atomic mass is 10.1. The molecule has 3 aromatic rings. The predicted molar refractivity (Wildman–Crippen MR) is 86.6 cm³/mol. The SMILES string of the molecule is Cc1ccc2cc(C(=O)NCc3ccncc3)c(C)nc2c1. The molecular formula is C18H17N3O. The standard InChI is InChI=1S/C18H17N3O/c1-12-3-4-15-10-16(13(2)21-17(15)9-12)18(22)20-11-14-5-7-19-8-6-14/h3-10H,11H2,1-2H3,(H,20,22). The quantitative estimate of drug-likeness (QED) is 0.806. The molecule has 0 radical (unpaired) electrons. The van der Waals surface area contributed by atoms with Gasteiger partial charge in [-0.1, -0.05) is 12.1 Å². The highest BCUT2D eigenvalue weighted by atomic mass is 16.1. The van der Waals surface area contributed by atoms with E-state index in [1.54, 1.807) is 12.4 Å². The molecule has 0 unspecified atom stereocenters. The second-order valence-corrected chi connectivity index (χ2v) is 5.36. The molecule has 0 atom stereocenters. The minimum atomic E-state index is -0.107. The van der Waals surface area contributed by atoms with E-state index in [2.05, 4.69) is 15.3 Å². The maximum absolute atomic E-state index is 12.4. The van der Waals surface area contributed by atoms with E-state index in [4.69, 9.17) is 0 Å². The highest BCUT2D eigenvalue weighted by Gasteiger charge is 2.11. The smallest absolute Gasteiger partial charge is 0.253 e. The van der Waals surface area contributed by atoms with Gasteiger partial charge in [0.25, 0.3) is 5.91 Å². The lowest BCUT2D eigenvalue weighted by molar-refractivity contribution is 0.0950. The first-order valence-electron chi connectivity index (χ1n) is 7.18. The van der Waals surface area contributed by atoms with Gasteiger partial charge in [0.2, 0.25) is 0 Å². The van der Waals surface area contributed by atoms with Crippen LogP contribution in [0.25, 0.3) is 10.9 Å². The van der Waals surface area contributed by atoms with Crippen LogP contribution in [0.3, 0.4) is 0 Å². The molecule has 1 amide bonds. The number of hydrogen-bond acceptors (Lipinski definition) is 3. The van der Waals surface area contributed by atoms with E-state index >= 15 is 0 Å². The molecule has 3 rings (SSSR count). The van der Waals surface area contributed by atoms with Crippen LogP contribution in [0.5, 0.6) is 0 Å². The second kappa shape index (κ2) is 5.93. The number of carbonyl (C=O) groups is 1. The van der Waals surface area contributed by atoms with Crippen molar-refractivity contribution in [3.8, 4) is 0 Å². The van der Waals surface area contributed by atoms with Gasteiger partial charge in [-0.3, -0.25) is 14.8 Å². The number of aryl methyl sites for hydroxylation is 2. The van der Waals surface area contributed by atoms with Crippen LogP contribution in [0.4, 0.5) is 0 Å². The molecule has 0 saturated carbocycles. The molecule has 0 saturated heterocycles. The van der Waals surface area contributed by atoms with Gasteiger partial charge in [0.05, 0.1) is 16.8 Å². The number of nitrogens with one attached hydrogen (secondary N) is 1. The summed E-state index contributed by atoms with van der Waals surface area (Å²) in [5, 5.41) is 3.90. The lowest BCUT2D eigenvalue weighted by Crippen LogP contribution is -2.24. The number of hydrogen-bond donors (Lipinski definition) is 1. The van der Waals surface area contributed by atoms with Gasteiger partial charge in [0.15, 0.2) is 0 Å². The van der Waals surface area contributed by atoms with E-state index in [1.807, 2.05) is 50.2 Å². The molecule has 0 spiro atoms. The average molecular weight is 291 g/mol. The van der Waals surface area contributed by atoms with Crippen molar-refractivity contribution in [3.63, 3.8) is 0 Å². The number of rotatable bonds is 3. The summed E-state index contributed by atoms with van der Waals surface area (Å²) in [7, 11) is 0. The third-order valence-corrected chi connectivity index (χ3v) is 3.61. The molecule has 0 aliphatic heterocycles. The van der Waals surface area contributed by atoms with Gasteiger partial charge in [-0.15, -0.1) is 0 Å². The lowest BCUT2D eigenvalue weighted by Gasteiger charge is -2.09. The molecule has 4 heteroatoms. The highest BCUT2D eigenvalue weighted by molar-refractivity contribution is 5.98. The Morgan fingerprint density at radius 2 is 1.86 bits per heavy atom. The minimum absolute atomic E-state index is 0.107. The second-order valence-electron chi connectivity index (χ2n) is 5.36. The first kappa shape index (κ1) is 14.2. The zero-order chi connectivity index (χ0) is 15.5. The zero-order valence-electron chi connectivity index (χ0n) is 12.6. The Labute approximate surface area is 129 Å². The number of amides is 1. The molecule has 0 aliphatic carbocycles. The van der Waals surface area contributed by atoms with E-state index in [1.165, 1.54) is 0 Å². The molecule has 22 heavy (non-hydrogen) atoms. The fourth-order valence-electron chi connectivity index (χ4n) is 2.38. The topological polar surface area (TPSA) is 54.9 Å². The Morgan fingerprint density at radius 3 is 2.64 bits per heavy atom. The van der Waals surface area contributed by atoms with Crippen molar-refractivity contribution >= 4 is 16.8 Å². The molecule has 4 nitrogen and oxygen atoms in total. The number of nitrogens with zero attached hydrogens (tertiary/aromatic N) is 2. The normalized spacial score (nSPS) is 10.6. The van der Waals surface area contributed by atoms with E-state index < -0.39 is 0 Å². The van der Waals surface area contributed by atoms with Gasteiger partial charge in [-0.25, -0.2) is 0 Å². The van der Waals surface area contributed by atoms with Crippen molar-refractivity contribution in [2.75, 3.05) is 0 Å². The fraction of sp³-hybridized carbons (Fsp3) is 0.167. The van der Waals surface area contributed by atoms with Crippen LogP contribution in [0.2, 0.25) is 0 Å². The molecule has 2 aromatic heterocycles. The van der Waals surface area contributed by atoms with Crippen molar-refractivity contribution in [3.05, 3.63) is 71.2 Å². The van der Waals surface area contributed by atoms with E-state index in [0.717, 1.165) is 27.7 Å². The van der Waals surface area contributed by atoms with Crippen LogP contribution < -0.4 is 5.32 Å². The van der Waals surface area contributed by atoms with Crippen molar-refractivity contribution < 1.29 is 4.79 Å². The summed E-state index contributed by atoms with van der Waals surface area (Å²) in [6, 6.07) is 11.7. The van der Waals surface area contributed by atoms with E-state index in [9.17, 15) is 4.79 Å². The number of pyridine rings is 2. The average Bonchev–Trinajstić information content (AvgIpc) is 2.53. The van der Waals surface area contributed by atoms with Crippen molar-refractivity contribution in [2.24, 2.45) is 0 Å². The Hall–Kier alpha value is -2.75. The summed E-state index contributed by atoms with van der Waals surface area (Å²) < 4.78 is 0. The summed E-state index contributed by atoms with van der Waals surface area (Å²) in [5.41, 5.74) is 4.46. The summed E-state index contributed by atoms with van der Waals surface area (Å²) in [4.78, 5) is 20.9. The number of fused-ring (bicyclic) bond motifs is 1. The van der Waals surface area contributed by atoms with Crippen molar-refractivity contribution in [1.29, 1.82) is 0 Å². The molecule has 0 fully saturated rings.